The fourth-order valence-electron chi connectivity index (χ4n) is 2.08. The average molecular weight is 255 g/mol. The molecule has 0 aromatic heterocycles. The van der Waals surface area contributed by atoms with Gasteiger partial charge in [-0.3, -0.25) is 9.59 Å². The Hall–Kier alpha value is -1.10. The molecule has 1 saturated heterocycles. The fraction of sp³-hybridized carbons (Fsp3) is 0.846. The van der Waals surface area contributed by atoms with Gasteiger partial charge in [-0.15, -0.1) is 0 Å². The number of hydrogen-bond acceptors (Lipinski definition) is 3. The molecule has 104 valence electrons. The van der Waals surface area contributed by atoms with E-state index in [2.05, 4.69) is 10.6 Å². The summed E-state index contributed by atoms with van der Waals surface area (Å²) in [6, 6.07) is 0. The van der Waals surface area contributed by atoms with Crippen LogP contribution >= 0.6 is 0 Å². The van der Waals surface area contributed by atoms with E-state index < -0.39 is 0 Å². The molecule has 2 amide bonds. The van der Waals surface area contributed by atoms with Crippen LogP contribution in [0, 0.1) is 0 Å². The van der Waals surface area contributed by atoms with Crippen LogP contribution in [0.4, 0.5) is 0 Å². The number of carbonyl (C=O) groups is 2. The standard InChI is InChI=1S/C13H25N3O2/c1-2-14-8-9-15-12(17)11-16-10-6-4-3-5-7-13(16)18/h14H,2-11H2,1H3,(H,15,17). The number of carbonyl (C=O) groups excluding carboxylic acids is 2. The summed E-state index contributed by atoms with van der Waals surface area (Å²) in [5.41, 5.74) is 0. The highest BCUT2D eigenvalue weighted by molar-refractivity contribution is 5.84. The summed E-state index contributed by atoms with van der Waals surface area (Å²) in [6.45, 7) is 5.26. The third-order valence-corrected chi connectivity index (χ3v) is 3.13. The van der Waals surface area contributed by atoms with Gasteiger partial charge in [-0.2, -0.15) is 0 Å². The second-order valence-corrected chi connectivity index (χ2v) is 4.68. The van der Waals surface area contributed by atoms with Crippen LogP contribution in [0.5, 0.6) is 0 Å². The van der Waals surface area contributed by atoms with E-state index in [9.17, 15) is 9.59 Å². The summed E-state index contributed by atoms with van der Waals surface area (Å²) in [7, 11) is 0. The molecular weight excluding hydrogens is 230 g/mol. The number of likely N-dealkylation sites (N-methyl/N-ethyl adjacent to an activating group) is 1. The van der Waals surface area contributed by atoms with Gasteiger partial charge < -0.3 is 15.5 Å². The van der Waals surface area contributed by atoms with Crippen LogP contribution in [0.1, 0.15) is 39.0 Å². The third-order valence-electron chi connectivity index (χ3n) is 3.13. The zero-order chi connectivity index (χ0) is 13.2. The van der Waals surface area contributed by atoms with Gasteiger partial charge in [0.2, 0.25) is 11.8 Å². The lowest BCUT2D eigenvalue weighted by Crippen LogP contribution is -2.43. The molecule has 0 spiro atoms. The van der Waals surface area contributed by atoms with E-state index in [0.29, 0.717) is 13.0 Å². The lowest BCUT2D eigenvalue weighted by molar-refractivity contribution is -0.136. The van der Waals surface area contributed by atoms with Gasteiger partial charge in [-0.1, -0.05) is 19.8 Å². The molecule has 0 radical (unpaired) electrons. The predicted molar refractivity (Wildman–Crippen MR) is 71.2 cm³/mol. The highest BCUT2D eigenvalue weighted by atomic mass is 16.2. The molecule has 1 aliphatic heterocycles. The molecule has 1 aliphatic rings. The van der Waals surface area contributed by atoms with Gasteiger partial charge in [0.25, 0.3) is 0 Å². The summed E-state index contributed by atoms with van der Waals surface area (Å²) >= 11 is 0. The van der Waals surface area contributed by atoms with Gasteiger partial charge in [0.05, 0.1) is 6.54 Å². The normalized spacial score (nSPS) is 17.2. The third kappa shape index (κ3) is 6.00. The van der Waals surface area contributed by atoms with E-state index in [1.807, 2.05) is 6.92 Å². The molecule has 1 fully saturated rings. The SMILES string of the molecule is CCNCCNC(=O)CN1CCCCCCC1=O. The summed E-state index contributed by atoms with van der Waals surface area (Å²) in [6.07, 6.45) is 4.85. The Morgan fingerprint density at radius 1 is 1.22 bits per heavy atom. The second-order valence-electron chi connectivity index (χ2n) is 4.68. The summed E-state index contributed by atoms with van der Waals surface area (Å²) in [4.78, 5) is 25.2. The van der Waals surface area contributed by atoms with Crippen LogP contribution < -0.4 is 10.6 Å². The number of likely N-dealkylation sites (tertiary alicyclic amines) is 1. The zero-order valence-electron chi connectivity index (χ0n) is 11.3. The topological polar surface area (TPSA) is 61.4 Å². The Morgan fingerprint density at radius 2 is 2.00 bits per heavy atom. The highest BCUT2D eigenvalue weighted by Crippen LogP contribution is 2.11. The molecule has 1 heterocycles. The van der Waals surface area contributed by atoms with Crippen molar-refractivity contribution in [2.45, 2.75) is 39.0 Å². The largest absolute Gasteiger partial charge is 0.353 e. The molecule has 0 unspecified atom stereocenters. The fourth-order valence-corrected chi connectivity index (χ4v) is 2.08. The van der Waals surface area contributed by atoms with Crippen molar-refractivity contribution in [1.29, 1.82) is 0 Å². The molecule has 5 nitrogen and oxygen atoms in total. The molecule has 0 atom stereocenters. The van der Waals surface area contributed by atoms with Crippen molar-refractivity contribution in [3.8, 4) is 0 Å². The van der Waals surface area contributed by atoms with Crippen molar-refractivity contribution in [2.75, 3.05) is 32.7 Å². The summed E-state index contributed by atoms with van der Waals surface area (Å²) < 4.78 is 0. The minimum absolute atomic E-state index is 0.0539. The summed E-state index contributed by atoms with van der Waals surface area (Å²) in [5.74, 6) is 0.0679. The Labute approximate surface area is 109 Å². The second kappa shape index (κ2) is 8.91. The molecule has 5 heteroatoms. The number of hydrogen-bond donors (Lipinski definition) is 2. The van der Waals surface area contributed by atoms with Crippen molar-refractivity contribution in [2.24, 2.45) is 0 Å². The molecule has 18 heavy (non-hydrogen) atoms. The quantitative estimate of drug-likeness (QED) is 0.680. The van der Waals surface area contributed by atoms with Crippen molar-refractivity contribution in [3.63, 3.8) is 0 Å². The van der Waals surface area contributed by atoms with Gasteiger partial charge in [0.1, 0.15) is 0 Å². The van der Waals surface area contributed by atoms with E-state index >= 15 is 0 Å². The van der Waals surface area contributed by atoms with Crippen molar-refractivity contribution < 1.29 is 9.59 Å². The predicted octanol–water partition coefficient (Wildman–Crippen LogP) is 0.505. The van der Waals surface area contributed by atoms with E-state index in [4.69, 9.17) is 0 Å². The number of rotatable bonds is 6. The Bertz CT molecular complexity index is 269. The van der Waals surface area contributed by atoms with E-state index in [-0.39, 0.29) is 18.4 Å². The van der Waals surface area contributed by atoms with Gasteiger partial charge >= 0.3 is 0 Å². The van der Waals surface area contributed by atoms with Gasteiger partial charge in [0, 0.05) is 26.1 Å². The van der Waals surface area contributed by atoms with E-state index in [0.717, 1.165) is 45.3 Å². The maximum atomic E-state index is 11.8. The van der Waals surface area contributed by atoms with Crippen LogP contribution in [-0.2, 0) is 9.59 Å². The van der Waals surface area contributed by atoms with Crippen LogP contribution in [0.3, 0.4) is 0 Å². The highest BCUT2D eigenvalue weighted by Gasteiger charge is 2.17. The van der Waals surface area contributed by atoms with Crippen LogP contribution in [0.15, 0.2) is 0 Å². The van der Waals surface area contributed by atoms with Crippen LogP contribution in [-0.4, -0.2) is 49.4 Å². The van der Waals surface area contributed by atoms with Crippen molar-refractivity contribution in [1.82, 2.24) is 15.5 Å². The smallest absolute Gasteiger partial charge is 0.239 e. The van der Waals surface area contributed by atoms with Crippen LogP contribution in [0.25, 0.3) is 0 Å². The van der Waals surface area contributed by atoms with Crippen LogP contribution in [0.2, 0.25) is 0 Å². The minimum Gasteiger partial charge on any atom is -0.353 e. The molecule has 1 rings (SSSR count). The van der Waals surface area contributed by atoms with Gasteiger partial charge in [0.15, 0.2) is 0 Å². The average Bonchev–Trinajstić information content (AvgIpc) is 2.34. The summed E-state index contributed by atoms with van der Waals surface area (Å²) in [5, 5.41) is 5.97. The van der Waals surface area contributed by atoms with Crippen molar-refractivity contribution in [3.05, 3.63) is 0 Å². The zero-order valence-corrected chi connectivity index (χ0v) is 11.3. The first-order chi connectivity index (χ1) is 8.74. The Morgan fingerprint density at radius 3 is 2.78 bits per heavy atom. The van der Waals surface area contributed by atoms with Crippen molar-refractivity contribution >= 4 is 11.8 Å². The van der Waals surface area contributed by atoms with Gasteiger partial charge in [-0.05, 0) is 19.4 Å². The van der Waals surface area contributed by atoms with Gasteiger partial charge in [-0.25, -0.2) is 0 Å². The minimum atomic E-state index is -0.0539. The Balaban J connectivity index is 2.25. The molecule has 0 aliphatic carbocycles. The molecular formula is C13H25N3O2. The molecule has 0 aromatic carbocycles. The van der Waals surface area contributed by atoms with E-state index in [1.54, 1.807) is 4.90 Å². The first kappa shape index (κ1) is 15.0. The lowest BCUT2D eigenvalue weighted by Gasteiger charge is -2.24. The maximum Gasteiger partial charge on any atom is 0.239 e. The monoisotopic (exact) mass is 255 g/mol. The first-order valence-corrected chi connectivity index (χ1v) is 6.99. The van der Waals surface area contributed by atoms with E-state index in [1.165, 1.54) is 0 Å². The number of nitrogens with zero attached hydrogens (tertiary/aromatic N) is 1. The molecule has 2 N–H and O–H groups in total. The lowest BCUT2D eigenvalue weighted by atomic mass is 10.1. The molecule has 0 saturated carbocycles. The number of nitrogens with one attached hydrogen (secondary N) is 2. The Kier molecular flexibility index (Phi) is 7.41. The molecule has 0 bridgehead atoms. The molecule has 0 aromatic rings. The maximum absolute atomic E-state index is 11.8. The first-order valence-electron chi connectivity index (χ1n) is 6.99. The number of amides is 2.